The fourth-order valence-corrected chi connectivity index (χ4v) is 7.90. The summed E-state index contributed by atoms with van der Waals surface area (Å²) in [5, 5.41) is 13.4. The molecule has 0 fully saturated rings. The molecule has 0 saturated carbocycles. The summed E-state index contributed by atoms with van der Waals surface area (Å²) in [6.07, 6.45) is 6.51. The number of nitrogens with zero attached hydrogens (tertiary/aromatic N) is 5. The van der Waals surface area contributed by atoms with Crippen LogP contribution in [0.15, 0.2) is 12.2 Å². The largest absolute Gasteiger partial charge is 0.391 e. The molecule has 0 aromatic heterocycles. The highest BCUT2D eigenvalue weighted by Crippen LogP contribution is 2.38. The molecule has 0 aliphatic carbocycles. The van der Waals surface area contributed by atoms with Crippen LogP contribution in [0.1, 0.15) is 407 Å². The Morgan fingerprint density at radius 1 is 0.389 bits per heavy atom. The smallest absolute Gasteiger partial charge is 0.227 e. The third-order valence-electron chi connectivity index (χ3n) is 15.9. The van der Waals surface area contributed by atoms with Crippen molar-refractivity contribution in [1.82, 2.24) is 29.8 Å². The second-order valence-corrected chi connectivity index (χ2v) is 51.6. The molecule has 8 heteroatoms. The monoisotopic (exact) mass is 1530 g/mol. The molecule has 0 aromatic carbocycles. The number of β-amino-alcohol motifs (C(OH)–C–C–N with tert-alkyl or cyclic N) is 1. The number of aliphatic hydroxyl groups excluding tert-OH is 1. The van der Waals surface area contributed by atoms with Gasteiger partial charge in [-0.25, -0.2) is 0 Å². The van der Waals surface area contributed by atoms with Crippen LogP contribution in [-0.2, 0) is 4.79 Å². The summed E-state index contributed by atoms with van der Waals surface area (Å²) in [5.41, 5.74) is 3.98. The van der Waals surface area contributed by atoms with E-state index in [0.717, 1.165) is 52.2 Å². The fraction of sp³-hybridized carbons (Fsp3) is 0.910. The first kappa shape index (κ1) is 124. The molecule has 0 heterocycles. The van der Waals surface area contributed by atoms with Crippen LogP contribution in [0.2, 0.25) is 0 Å². The van der Waals surface area contributed by atoms with E-state index < -0.39 is 0 Å². The molecule has 650 valence electrons. The van der Waals surface area contributed by atoms with Crippen molar-refractivity contribution in [3.8, 4) is 35.5 Å². The topological polar surface area (TPSA) is 65.5 Å². The third kappa shape index (κ3) is 102. The van der Waals surface area contributed by atoms with Crippen LogP contribution in [0.25, 0.3) is 0 Å². The Morgan fingerprint density at radius 2 is 0.704 bits per heavy atom. The van der Waals surface area contributed by atoms with Gasteiger partial charge in [-0.05, 0) is 269 Å². The molecular weight excluding hydrogens is 1320 g/mol. The van der Waals surface area contributed by atoms with Gasteiger partial charge in [0.2, 0.25) is 5.91 Å². The molecule has 0 spiro atoms. The summed E-state index contributed by atoms with van der Waals surface area (Å²) in [7, 11) is 8.20. The van der Waals surface area contributed by atoms with Crippen molar-refractivity contribution in [2.45, 2.75) is 436 Å². The van der Waals surface area contributed by atoms with Gasteiger partial charge in [-0.2, -0.15) is 0 Å². The van der Waals surface area contributed by atoms with Crippen LogP contribution >= 0.6 is 0 Å². The molecule has 0 aliphatic rings. The zero-order chi connectivity index (χ0) is 90.0. The third-order valence-corrected chi connectivity index (χ3v) is 15.9. The van der Waals surface area contributed by atoms with Gasteiger partial charge in [0.1, 0.15) is 0 Å². The second-order valence-electron chi connectivity index (χ2n) is 51.6. The fourth-order valence-electron chi connectivity index (χ4n) is 7.90. The van der Waals surface area contributed by atoms with Crippen molar-refractivity contribution in [1.29, 1.82) is 0 Å². The van der Waals surface area contributed by atoms with Gasteiger partial charge in [0, 0.05) is 107 Å². The van der Waals surface area contributed by atoms with Crippen LogP contribution < -0.4 is 5.32 Å². The number of rotatable bonds is 11. The Labute approximate surface area is 687 Å². The highest BCUT2D eigenvalue weighted by atomic mass is 16.3. The van der Waals surface area contributed by atoms with Gasteiger partial charge in [-0.1, -0.05) is 256 Å². The predicted molar refractivity (Wildman–Crippen MR) is 499 cm³/mol. The lowest BCUT2D eigenvalue weighted by Gasteiger charge is -2.40. The molecule has 0 radical (unpaired) electrons. The van der Waals surface area contributed by atoms with Crippen molar-refractivity contribution >= 4 is 5.91 Å². The number of hydrogen-bond donors (Lipinski definition) is 2. The Balaban J connectivity index is -0.000000146. The molecular formula is C100H208N6O2. The Bertz CT molecular complexity index is 2470. The Hall–Kier alpha value is -2.35. The van der Waals surface area contributed by atoms with Gasteiger partial charge in [0.25, 0.3) is 0 Å². The van der Waals surface area contributed by atoms with Gasteiger partial charge >= 0.3 is 0 Å². The van der Waals surface area contributed by atoms with Crippen molar-refractivity contribution in [2.75, 3.05) is 80.5 Å². The van der Waals surface area contributed by atoms with Gasteiger partial charge < -0.3 is 20.2 Å². The average Bonchev–Trinajstić information content (AvgIpc) is 0.855. The van der Waals surface area contributed by atoms with E-state index in [1.807, 2.05) is 32.7 Å². The predicted octanol–water partition coefficient (Wildman–Crippen LogP) is 27.6. The molecule has 0 saturated heterocycles. The molecule has 1 unspecified atom stereocenters. The number of amides is 1. The summed E-state index contributed by atoms with van der Waals surface area (Å²) >= 11 is 0. The molecule has 0 rings (SSSR count). The maximum atomic E-state index is 11.8. The molecule has 0 aliphatic heterocycles. The van der Waals surface area contributed by atoms with E-state index in [0.29, 0.717) is 38.0 Å². The summed E-state index contributed by atoms with van der Waals surface area (Å²) in [6.45, 7) is 133. The van der Waals surface area contributed by atoms with Gasteiger partial charge in [-0.3, -0.25) is 19.5 Å². The van der Waals surface area contributed by atoms with Crippen LogP contribution in [0.4, 0.5) is 0 Å². The maximum Gasteiger partial charge on any atom is 0.227 e. The summed E-state index contributed by atoms with van der Waals surface area (Å²) in [4.78, 5) is 23.1. The molecule has 8 nitrogen and oxygen atoms in total. The van der Waals surface area contributed by atoms with Crippen LogP contribution in [-0.4, -0.2) is 144 Å². The first-order valence-electron chi connectivity index (χ1n) is 41.9. The van der Waals surface area contributed by atoms with E-state index in [1.165, 1.54) is 13.0 Å². The van der Waals surface area contributed by atoms with E-state index in [2.05, 4.69) is 468 Å². The second kappa shape index (κ2) is 48.9. The Kier molecular flexibility index (Phi) is 56.1. The molecule has 1 amide bonds. The van der Waals surface area contributed by atoms with Crippen molar-refractivity contribution in [2.24, 2.45) is 81.2 Å². The van der Waals surface area contributed by atoms with Crippen LogP contribution in [0.3, 0.4) is 0 Å². The molecule has 2 N–H and O–H groups in total. The number of allylic oxidation sites excluding steroid dienone is 2. The lowest BCUT2D eigenvalue weighted by Crippen LogP contribution is -2.48. The minimum absolute atomic E-state index is 0.0283. The van der Waals surface area contributed by atoms with Crippen molar-refractivity contribution in [3.63, 3.8) is 0 Å². The summed E-state index contributed by atoms with van der Waals surface area (Å²) in [5.74, 6) is 19.8. The quantitative estimate of drug-likeness (QED) is 0.158. The zero-order valence-electron chi connectivity index (χ0n) is 86.4. The number of hydrogen-bond acceptors (Lipinski definition) is 7. The molecule has 108 heavy (non-hydrogen) atoms. The van der Waals surface area contributed by atoms with E-state index in [1.54, 1.807) is 0 Å². The summed E-state index contributed by atoms with van der Waals surface area (Å²) in [6, 6.07) is 0. The lowest BCUT2D eigenvalue weighted by molar-refractivity contribution is -0.139. The van der Waals surface area contributed by atoms with E-state index in [4.69, 9.17) is 0 Å². The standard InChI is InChI=1S/C13H30N2.C13H24.C11H23NO.C11H25NO.C11H25N.C11H20.C10H23N.C10H20.C10H18/c1-12(2,3)11-15(13(4,5)6)10-9-14(7)8;1-11(2,3)9-10-13(7,8)12(4,5)6;1-10(2,3)8-12(7)9(13)11(4,5)6;1-10(2,3)9(13)8-12(7)11(4,5)6;1-8-12(11(5,6)7)9-10(2,3)4;1-10(2,3)8-7-9-11(4,5)6;1-9(2,3)7-8-11-10(4,5)6;2*1-9(2,3)7-8-10(4,5)6/h9-11H2,1-8H3;1-8H3;8H2,1-7H3;9,13H,8H2,1-7H3;8-9H2,1-7H3;8H2,1-6H3;11H,7-8H2,1-6H3;7-8H,1-6H3;1-6H3/b;;;;;;;8-7+;. The van der Waals surface area contributed by atoms with E-state index in [-0.39, 0.29) is 77.4 Å². The van der Waals surface area contributed by atoms with Crippen LogP contribution in [0, 0.1) is 117 Å². The normalized spacial score (nSPS) is 13.8. The van der Waals surface area contributed by atoms with Gasteiger partial charge in [-0.15, -0.1) is 5.92 Å². The zero-order valence-corrected chi connectivity index (χ0v) is 86.4. The van der Waals surface area contributed by atoms with Gasteiger partial charge in [0.15, 0.2) is 0 Å². The average molecular weight is 1530 g/mol. The van der Waals surface area contributed by atoms with Crippen molar-refractivity contribution in [3.05, 3.63) is 12.2 Å². The number of carbonyl (C=O) groups is 1. The number of nitrogens with one attached hydrogen (secondary N) is 1. The first-order chi connectivity index (χ1) is 46.1. The summed E-state index contributed by atoms with van der Waals surface area (Å²) < 4.78 is 0. The minimum atomic E-state index is -0.267. The van der Waals surface area contributed by atoms with Gasteiger partial charge in [0.05, 0.1) is 6.10 Å². The SMILES string of the molecule is CC(C)(C)/C=C/C(C)(C)C.CC(C)(C)C#CC(C)(C)C.CC(C)(C)C#CC(C)(C)C(C)(C)C.CC(C)(C)C#CCC(C)(C)C.CC(C)(C)CCNC(C)(C)C.CCN(CC(C)(C)C)C(C)(C)C.CN(C)CCN(CC(C)(C)C)C(C)(C)C.CN(CC(C)(C)C)C(=O)C(C)(C)C.CN(CC(O)C(C)(C)C)C(C)(C)C. The maximum absolute atomic E-state index is 11.8. The first-order valence-corrected chi connectivity index (χ1v) is 41.9. The Morgan fingerprint density at radius 3 is 0.907 bits per heavy atom. The molecule has 0 bridgehead atoms. The lowest BCUT2D eigenvalue weighted by atomic mass is 9.69. The number of carbonyl (C=O) groups excluding carboxylic acids is 1. The number of aliphatic hydroxyl groups is 1. The van der Waals surface area contributed by atoms with E-state index >= 15 is 0 Å². The van der Waals surface area contributed by atoms with Crippen molar-refractivity contribution < 1.29 is 9.90 Å². The van der Waals surface area contributed by atoms with E-state index in [9.17, 15) is 9.90 Å². The highest BCUT2D eigenvalue weighted by molar-refractivity contribution is 5.81. The molecule has 0 aromatic rings. The van der Waals surface area contributed by atoms with Crippen LogP contribution in [0.5, 0.6) is 0 Å². The molecule has 1 atom stereocenters. The highest BCUT2D eigenvalue weighted by Gasteiger charge is 2.33. The number of likely N-dealkylation sites (N-methyl/N-ethyl adjacent to an activating group) is 2. The minimum Gasteiger partial charge on any atom is -0.391 e.